The molecule has 1 rings (SSSR count). The first-order valence-corrected chi connectivity index (χ1v) is 8.37. The highest BCUT2D eigenvalue weighted by molar-refractivity contribution is 14.0. The SMILES string of the molecule is CCC(C)NC(N)=NCC(C)CSc1ccccc1OC.I. The molecule has 0 spiro atoms. The van der Waals surface area contributed by atoms with E-state index in [4.69, 9.17) is 10.5 Å². The lowest BCUT2D eigenvalue weighted by Gasteiger charge is -2.14. The molecule has 0 aliphatic carbocycles. The Morgan fingerprint density at radius 1 is 1.36 bits per heavy atom. The van der Waals surface area contributed by atoms with Crippen LogP contribution in [-0.2, 0) is 0 Å². The van der Waals surface area contributed by atoms with E-state index in [0.717, 1.165) is 24.5 Å². The van der Waals surface area contributed by atoms with Crippen molar-refractivity contribution >= 4 is 41.7 Å². The van der Waals surface area contributed by atoms with Crippen LogP contribution >= 0.6 is 35.7 Å². The van der Waals surface area contributed by atoms with Crippen LogP contribution in [0.5, 0.6) is 5.75 Å². The molecule has 0 heterocycles. The number of hydrogen-bond donors (Lipinski definition) is 2. The molecule has 0 aliphatic heterocycles. The topological polar surface area (TPSA) is 59.6 Å². The lowest BCUT2D eigenvalue weighted by molar-refractivity contribution is 0.405. The van der Waals surface area contributed by atoms with Crippen LogP contribution in [-0.4, -0.2) is 31.4 Å². The van der Waals surface area contributed by atoms with Crippen LogP contribution in [0, 0.1) is 5.92 Å². The van der Waals surface area contributed by atoms with Gasteiger partial charge in [-0.2, -0.15) is 0 Å². The minimum Gasteiger partial charge on any atom is -0.496 e. The highest BCUT2D eigenvalue weighted by Crippen LogP contribution is 2.29. The van der Waals surface area contributed by atoms with E-state index in [0.29, 0.717) is 17.9 Å². The number of rotatable bonds is 8. The third-order valence-corrected chi connectivity index (χ3v) is 4.56. The third-order valence-electron chi connectivity index (χ3n) is 3.17. The van der Waals surface area contributed by atoms with E-state index >= 15 is 0 Å². The van der Waals surface area contributed by atoms with Crippen LogP contribution in [0.25, 0.3) is 0 Å². The van der Waals surface area contributed by atoms with E-state index in [-0.39, 0.29) is 24.0 Å². The number of halogens is 1. The van der Waals surface area contributed by atoms with Crippen molar-refractivity contribution in [3.05, 3.63) is 24.3 Å². The van der Waals surface area contributed by atoms with Gasteiger partial charge in [-0.3, -0.25) is 4.99 Å². The average molecular weight is 437 g/mol. The van der Waals surface area contributed by atoms with Gasteiger partial charge in [0.1, 0.15) is 5.75 Å². The minimum absolute atomic E-state index is 0. The Morgan fingerprint density at radius 2 is 2.05 bits per heavy atom. The van der Waals surface area contributed by atoms with Crippen LogP contribution in [0.15, 0.2) is 34.2 Å². The van der Waals surface area contributed by atoms with Gasteiger partial charge in [0.05, 0.1) is 7.11 Å². The molecule has 0 saturated carbocycles. The quantitative estimate of drug-likeness (QED) is 0.282. The molecule has 0 saturated heterocycles. The standard InChI is InChI=1S/C16H27N3OS.HI/c1-5-13(3)19-16(17)18-10-12(2)11-21-15-9-7-6-8-14(15)20-4;/h6-9,12-13H,5,10-11H2,1-4H3,(H3,17,18,19);1H. The minimum atomic E-state index is 0. The van der Waals surface area contributed by atoms with Crippen molar-refractivity contribution in [2.45, 2.75) is 38.1 Å². The molecule has 0 aliphatic rings. The number of hydrogen-bond acceptors (Lipinski definition) is 3. The predicted octanol–water partition coefficient (Wildman–Crippen LogP) is 3.74. The van der Waals surface area contributed by atoms with E-state index in [1.165, 1.54) is 4.90 Å². The summed E-state index contributed by atoms with van der Waals surface area (Å²) in [6, 6.07) is 8.45. The van der Waals surface area contributed by atoms with Gasteiger partial charge in [0.15, 0.2) is 5.96 Å². The van der Waals surface area contributed by atoms with E-state index in [1.54, 1.807) is 18.9 Å². The number of para-hydroxylation sites is 1. The summed E-state index contributed by atoms with van der Waals surface area (Å²) in [5, 5.41) is 3.18. The molecule has 0 radical (unpaired) electrons. The summed E-state index contributed by atoms with van der Waals surface area (Å²) in [5.74, 6) is 2.91. The molecule has 0 fully saturated rings. The van der Waals surface area contributed by atoms with Crippen molar-refractivity contribution in [2.75, 3.05) is 19.4 Å². The van der Waals surface area contributed by atoms with Crippen LogP contribution in [0.3, 0.4) is 0 Å². The molecule has 1 aromatic carbocycles. The lowest BCUT2D eigenvalue weighted by Crippen LogP contribution is -2.38. The Hall–Kier alpha value is -0.630. The molecule has 2 unspecified atom stereocenters. The largest absolute Gasteiger partial charge is 0.496 e. The van der Waals surface area contributed by atoms with Gasteiger partial charge in [-0.1, -0.05) is 26.0 Å². The fraction of sp³-hybridized carbons (Fsp3) is 0.562. The maximum atomic E-state index is 5.86. The van der Waals surface area contributed by atoms with Crippen LogP contribution in [0.2, 0.25) is 0 Å². The normalized spacial score (nSPS) is 13.9. The molecule has 0 bridgehead atoms. The Balaban J connectivity index is 0.00000441. The van der Waals surface area contributed by atoms with Crippen LogP contribution in [0.1, 0.15) is 27.2 Å². The molecule has 22 heavy (non-hydrogen) atoms. The number of benzene rings is 1. The van der Waals surface area contributed by atoms with Crippen LogP contribution in [0.4, 0.5) is 0 Å². The Labute approximate surface area is 155 Å². The second kappa shape index (κ2) is 11.9. The van der Waals surface area contributed by atoms with Gasteiger partial charge in [0.2, 0.25) is 0 Å². The maximum Gasteiger partial charge on any atom is 0.188 e. The highest BCUT2D eigenvalue weighted by atomic mass is 127. The molecule has 126 valence electrons. The molecular formula is C16H28IN3OS. The molecule has 0 aromatic heterocycles. The zero-order valence-corrected chi connectivity index (χ0v) is 17.0. The molecule has 1 aromatic rings. The molecule has 0 amide bonds. The fourth-order valence-electron chi connectivity index (χ4n) is 1.68. The summed E-state index contributed by atoms with van der Waals surface area (Å²) in [6.07, 6.45) is 1.04. The van der Waals surface area contributed by atoms with Crippen molar-refractivity contribution in [3.8, 4) is 5.75 Å². The monoisotopic (exact) mass is 437 g/mol. The molecule has 6 heteroatoms. The van der Waals surface area contributed by atoms with Crippen LogP contribution < -0.4 is 15.8 Å². The second-order valence-corrected chi connectivity index (χ2v) is 6.31. The summed E-state index contributed by atoms with van der Waals surface area (Å²) >= 11 is 1.79. The van der Waals surface area contributed by atoms with Gasteiger partial charge < -0.3 is 15.8 Å². The first kappa shape index (κ1) is 21.4. The van der Waals surface area contributed by atoms with Gasteiger partial charge in [-0.15, -0.1) is 35.7 Å². The number of guanidine groups is 1. The molecular weight excluding hydrogens is 409 g/mol. The summed E-state index contributed by atoms with van der Waals surface area (Å²) < 4.78 is 5.35. The second-order valence-electron chi connectivity index (χ2n) is 5.25. The number of nitrogens with two attached hydrogens (primary N) is 1. The van der Waals surface area contributed by atoms with Gasteiger partial charge in [-0.05, 0) is 31.4 Å². The van der Waals surface area contributed by atoms with Crippen molar-refractivity contribution in [3.63, 3.8) is 0 Å². The molecule has 4 nitrogen and oxygen atoms in total. The Bertz CT molecular complexity index is 457. The van der Waals surface area contributed by atoms with E-state index in [2.05, 4.69) is 37.1 Å². The third kappa shape index (κ3) is 8.12. The number of ether oxygens (including phenoxy) is 1. The first-order chi connectivity index (χ1) is 10.1. The molecule has 2 atom stereocenters. The predicted molar refractivity (Wildman–Crippen MR) is 108 cm³/mol. The van der Waals surface area contributed by atoms with Crippen molar-refractivity contribution < 1.29 is 4.74 Å². The van der Waals surface area contributed by atoms with Gasteiger partial charge >= 0.3 is 0 Å². The van der Waals surface area contributed by atoms with Crippen molar-refractivity contribution in [2.24, 2.45) is 16.6 Å². The summed E-state index contributed by atoms with van der Waals surface area (Å²) in [7, 11) is 1.70. The zero-order chi connectivity index (χ0) is 15.7. The van der Waals surface area contributed by atoms with Gasteiger partial charge in [0.25, 0.3) is 0 Å². The lowest BCUT2D eigenvalue weighted by atomic mass is 10.2. The number of aliphatic imine (C=N–C) groups is 1. The average Bonchev–Trinajstić information content (AvgIpc) is 2.50. The first-order valence-electron chi connectivity index (χ1n) is 7.39. The maximum absolute atomic E-state index is 5.86. The summed E-state index contributed by atoms with van der Waals surface area (Å²) in [6.45, 7) is 7.14. The molecule has 3 N–H and O–H groups in total. The number of nitrogens with zero attached hydrogens (tertiary/aromatic N) is 1. The number of thioether (sulfide) groups is 1. The smallest absolute Gasteiger partial charge is 0.188 e. The summed E-state index contributed by atoms with van der Waals surface area (Å²) in [4.78, 5) is 5.57. The Kier molecular flexibility index (Phi) is 11.5. The van der Waals surface area contributed by atoms with Gasteiger partial charge in [-0.25, -0.2) is 0 Å². The van der Waals surface area contributed by atoms with Gasteiger partial charge in [0, 0.05) is 23.2 Å². The highest BCUT2D eigenvalue weighted by Gasteiger charge is 2.07. The van der Waals surface area contributed by atoms with E-state index in [1.807, 2.05) is 18.2 Å². The fourth-order valence-corrected chi connectivity index (χ4v) is 2.72. The summed E-state index contributed by atoms with van der Waals surface area (Å²) in [5.41, 5.74) is 5.86. The van der Waals surface area contributed by atoms with E-state index < -0.39 is 0 Å². The van der Waals surface area contributed by atoms with Crippen molar-refractivity contribution in [1.82, 2.24) is 5.32 Å². The van der Waals surface area contributed by atoms with E-state index in [9.17, 15) is 0 Å². The Morgan fingerprint density at radius 3 is 2.68 bits per heavy atom. The zero-order valence-electron chi connectivity index (χ0n) is 13.8. The van der Waals surface area contributed by atoms with Crippen molar-refractivity contribution in [1.29, 1.82) is 0 Å². The number of nitrogens with one attached hydrogen (secondary N) is 1. The number of methoxy groups -OCH3 is 1.